The van der Waals surface area contributed by atoms with Crippen molar-refractivity contribution in [2.24, 2.45) is 5.92 Å². The first kappa shape index (κ1) is 23.3. The molecule has 0 saturated carbocycles. The molecule has 0 radical (unpaired) electrons. The largest absolute Gasteiger partial charge is 0.481 e. The molecule has 2 unspecified atom stereocenters. The Hall–Kier alpha value is -0.770. The number of rotatable bonds is 12. The van der Waals surface area contributed by atoms with Gasteiger partial charge in [-0.2, -0.15) is 0 Å². The summed E-state index contributed by atoms with van der Waals surface area (Å²) in [5.41, 5.74) is 0. The van der Waals surface area contributed by atoms with Crippen LogP contribution >= 0.6 is 0 Å². The first-order valence-electron chi connectivity index (χ1n) is 9.56. The van der Waals surface area contributed by atoms with E-state index in [1.807, 2.05) is 0 Å². The molecule has 0 bridgehead atoms. The van der Waals surface area contributed by atoms with Crippen LogP contribution in [0.5, 0.6) is 0 Å². The van der Waals surface area contributed by atoms with E-state index >= 15 is 0 Å². The maximum absolute atomic E-state index is 11.6. The molecule has 0 aromatic heterocycles. The van der Waals surface area contributed by atoms with Gasteiger partial charge in [0, 0.05) is 0 Å². The lowest BCUT2D eigenvalue weighted by Gasteiger charge is -2.46. The Balaban J connectivity index is 2.56. The zero-order chi connectivity index (χ0) is 19.7. The fourth-order valence-electron chi connectivity index (χ4n) is 3.40. The van der Waals surface area contributed by atoms with E-state index in [-0.39, 0.29) is 6.42 Å². The number of carboxylic acid groups (broad SMARTS) is 1. The van der Waals surface area contributed by atoms with Gasteiger partial charge in [0.15, 0.2) is 0 Å². The molecule has 0 aliphatic carbocycles. The number of hydrogen-bond acceptors (Lipinski definition) is 7. The molecular weight excluding hydrogens is 344 g/mol. The molecule has 6 N–H and O–H groups in total. The summed E-state index contributed by atoms with van der Waals surface area (Å²) in [4.78, 5) is 11.6. The fraction of sp³-hybridized carbons (Fsp3) is 0.944. The maximum atomic E-state index is 11.6. The maximum Gasteiger partial charge on any atom is 0.309 e. The zero-order valence-corrected chi connectivity index (χ0v) is 15.5. The summed E-state index contributed by atoms with van der Waals surface area (Å²) >= 11 is 0. The van der Waals surface area contributed by atoms with Gasteiger partial charge in [-0.15, -0.1) is 0 Å². The topological polar surface area (TPSA) is 148 Å². The number of hydrogen-bond donors (Lipinski definition) is 6. The zero-order valence-electron chi connectivity index (χ0n) is 15.5. The van der Waals surface area contributed by atoms with Crippen LogP contribution in [-0.4, -0.2) is 73.4 Å². The Morgan fingerprint density at radius 2 is 1.54 bits per heavy atom. The molecule has 0 amide bonds. The molecule has 8 heteroatoms. The van der Waals surface area contributed by atoms with E-state index < -0.39 is 48.7 Å². The Morgan fingerprint density at radius 3 is 2.04 bits per heavy atom. The van der Waals surface area contributed by atoms with Crippen molar-refractivity contribution >= 4 is 5.97 Å². The normalized spacial score (nSPS) is 33.2. The number of aliphatic hydroxyl groups is 5. The van der Waals surface area contributed by atoms with Crippen LogP contribution in [0.2, 0.25) is 0 Å². The van der Waals surface area contributed by atoms with Crippen LogP contribution in [0, 0.1) is 5.92 Å². The van der Waals surface area contributed by atoms with Crippen LogP contribution in [0.1, 0.15) is 64.7 Å². The summed E-state index contributed by atoms with van der Waals surface area (Å²) < 4.78 is 5.13. The lowest BCUT2D eigenvalue weighted by Crippen LogP contribution is -2.67. The molecule has 0 aromatic carbocycles. The highest BCUT2D eigenvalue weighted by Gasteiger charge is 2.55. The second-order valence-corrected chi connectivity index (χ2v) is 7.22. The lowest BCUT2D eigenvalue weighted by molar-refractivity contribution is -0.360. The number of carboxylic acids is 1. The number of aliphatic carboxylic acids is 1. The summed E-state index contributed by atoms with van der Waals surface area (Å²) in [6.07, 6.45) is 1.66. The van der Waals surface area contributed by atoms with Crippen molar-refractivity contribution in [1.29, 1.82) is 0 Å². The second kappa shape index (κ2) is 11.2. The van der Waals surface area contributed by atoms with Gasteiger partial charge < -0.3 is 35.4 Å². The summed E-state index contributed by atoms with van der Waals surface area (Å²) in [6, 6.07) is 0. The molecule has 1 aliphatic rings. The third-order valence-corrected chi connectivity index (χ3v) is 5.12. The molecule has 1 fully saturated rings. The monoisotopic (exact) mass is 378 g/mol. The van der Waals surface area contributed by atoms with Gasteiger partial charge in [-0.3, -0.25) is 4.79 Å². The molecule has 26 heavy (non-hydrogen) atoms. The van der Waals surface area contributed by atoms with Crippen LogP contribution in [0.4, 0.5) is 0 Å². The number of carbonyl (C=O) groups is 1. The standard InChI is InChI=1S/C18H34O8/c1-2-3-4-5-6-7-8-9-10-12(17(23)24)15-13(20)14(21)16(22)18(25,11-19)26-15/h12-16,19-22,25H,2-11H2,1H3,(H,23,24)/t12?,13-,14+,15?,16-,18-/m0/s1. The van der Waals surface area contributed by atoms with E-state index in [0.717, 1.165) is 25.7 Å². The summed E-state index contributed by atoms with van der Waals surface area (Å²) in [5.74, 6) is -4.89. The van der Waals surface area contributed by atoms with E-state index in [0.29, 0.717) is 6.42 Å². The molecule has 1 rings (SSSR count). The fourth-order valence-corrected chi connectivity index (χ4v) is 3.40. The van der Waals surface area contributed by atoms with E-state index in [2.05, 4.69) is 6.92 Å². The molecule has 8 nitrogen and oxygen atoms in total. The van der Waals surface area contributed by atoms with E-state index in [1.54, 1.807) is 0 Å². The first-order valence-corrected chi connectivity index (χ1v) is 9.56. The van der Waals surface area contributed by atoms with Gasteiger partial charge in [0.2, 0.25) is 5.79 Å². The SMILES string of the molecule is CCCCCCCCCCC(C(=O)O)C1O[C@@](O)(CO)[C@@H](O)[C@H](O)[C@@H]1O. The van der Waals surface area contributed by atoms with E-state index in [1.165, 1.54) is 19.3 Å². The first-order chi connectivity index (χ1) is 12.3. The molecule has 0 aromatic rings. The van der Waals surface area contributed by atoms with Crippen molar-refractivity contribution in [1.82, 2.24) is 0 Å². The number of aliphatic hydroxyl groups excluding tert-OH is 4. The molecule has 0 spiro atoms. The van der Waals surface area contributed by atoms with Gasteiger partial charge in [0.1, 0.15) is 24.4 Å². The summed E-state index contributed by atoms with van der Waals surface area (Å²) in [6.45, 7) is 1.13. The minimum Gasteiger partial charge on any atom is -0.481 e. The Morgan fingerprint density at radius 1 is 1.00 bits per heavy atom. The Bertz CT molecular complexity index is 418. The van der Waals surface area contributed by atoms with E-state index in [4.69, 9.17) is 4.74 Å². The summed E-state index contributed by atoms with van der Waals surface area (Å²) in [5, 5.41) is 58.5. The van der Waals surface area contributed by atoms with Gasteiger partial charge in [0.25, 0.3) is 0 Å². The van der Waals surface area contributed by atoms with Gasteiger partial charge >= 0.3 is 5.97 Å². The van der Waals surface area contributed by atoms with Crippen LogP contribution in [0.3, 0.4) is 0 Å². The smallest absolute Gasteiger partial charge is 0.309 e. The molecule has 1 aliphatic heterocycles. The molecule has 154 valence electrons. The molecule has 6 atom stereocenters. The molecular formula is C18H34O8. The van der Waals surface area contributed by atoms with Crippen LogP contribution < -0.4 is 0 Å². The van der Waals surface area contributed by atoms with E-state index in [9.17, 15) is 35.4 Å². The molecule has 1 saturated heterocycles. The third kappa shape index (κ3) is 6.14. The van der Waals surface area contributed by atoms with Crippen LogP contribution in [0.25, 0.3) is 0 Å². The number of unbranched alkanes of at least 4 members (excludes halogenated alkanes) is 7. The van der Waals surface area contributed by atoms with Gasteiger partial charge in [-0.25, -0.2) is 0 Å². The second-order valence-electron chi connectivity index (χ2n) is 7.22. The highest BCUT2D eigenvalue weighted by molar-refractivity contribution is 5.70. The van der Waals surface area contributed by atoms with Crippen molar-refractivity contribution in [3.63, 3.8) is 0 Å². The van der Waals surface area contributed by atoms with Crippen molar-refractivity contribution in [2.45, 2.75) is 94.9 Å². The van der Waals surface area contributed by atoms with Crippen molar-refractivity contribution < 1.29 is 40.2 Å². The van der Waals surface area contributed by atoms with Crippen molar-refractivity contribution in [3.05, 3.63) is 0 Å². The average molecular weight is 378 g/mol. The molecule has 1 heterocycles. The van der Waals surface area contributed by atoms with Gasteiger partial charge in [-0.1, -0.05) is 58.3 Å². The van der Waals surface area contributed by atoms with Crippen LogP contribution in [-0.2, 0) is 9.53 Å². The lowest BCUT2D eigenvalue weighted by atomic mass is 9.84. The van der Waals surface area contributed by atoms with Crippen molar-refractivity contribution in [3.8, 4) is 0 Å². The third-order valence-electron chi connectivity index (χ3n) is 5.12. The minimum absolute atomic E-state index is 0.205. The van der Waals surface area contributed by atoms with Gasteiger partial charge in [-0.05, 0) is 6.42 Å². The van der Waals surface area contributed by atoms with Gasteiger partial charge in [0.05, 0.1) is 12.5 Å². The highest BCUT2D eigenvalue weighted by atomic mass is 16.7. The van der Waals surface area contributed by atoms with Crippen molar-refractivity contribution in [2.75, 3.05) is 6.61 Å². The predicted molar refractivity (Wildman–Crippen MR) is 93.3 cm³/mol. The summed E-state index contributed by atoms with van der Waals surface area (Å²) in [7, 11) is 0. The quantitative estimate of drug-likeness (QED) is 0.267. The number of ether oxygens (including phenoxy) is 1. The average Bonchev–Trinajstić information content (AvgIpc) is 2.62. The van der Waals surface area contributed by atoms with Crippen LogP contribution in [0.15, 0.2) is 0 Å². The minimum atomic E-state index is -2.50. The Kier molecular flexibility index (Phi) is 9.99. The Labute approximate surface area is 154 Å². The predicted octanol–water partition coefficient (Wildman–Crippen LogP) is 0.380. The highest BCUT2D eigenvalue weighted by Crippen LogP contribution is 2.33.